The van der Waals surface area contributed by atoms with Gasteiger partial charge in [0.1, 0.15) is 5.69 Å². The molecule has 2 aromatic rings. The average Bonchev–Trinajstić information content (AvgIpc) is 2.63. The lowest BCUT2D eigenvalue weighted by molar-refractivity contribution is 0.0922. The van der Waals surface area contributed by atoms with Crippen molar-refractivity contribution in [3.8, 4) is 0 Å². The van der Waals surface area contributed by atoms with Crippen LogP contribution in [0.15, 0.2) is 42.6 Å². The Kier molecular flexibility index (Phi) is 5.47. The summed E-state index contributed by atoms with van der Waals surface area (Å²) in [6.45, 7) is 2.14. The molecule has 4 heteroatoms. The standard InChI is InChI=1S/C20H25N3O/c1-2-15-8-6-7-11-18(15)22-17-12-13-19(21-14-17)20(24)23-16-9-4-3-5-10-16/h6-8,11-14,16,22H,2-5,9-10H2,1H3,(H,23,24). The van der Waals surface area contributed by atoms with Gasteiger partial charge in [-0.1, -0.05) is 44.4 Å². The van der Waals surface area contributed by atoms with Crippen LogP contribution in [0.25, 0.3) is 0 Å². The van der Waals surface area contributed by atoms with Crippen LogP contribution in [0.2, 0.25) is 0 Å². The number of hydrogen-bond acceptors (Lipinski definition) is 3. The minimum Gasteiger partial charge on any atom is -0.354 e. The zero-order chi connectivity index (χ0) is 16.8. The first kappa shape index (κ1) is 16.5. The third-order valence-electron chi connectivity index (χ3n) is 4.61. The van der Waals surface area contributed by atoms with E-state index in [2.05, 4.69) is 34.7 Å². The number of carbonyl (C=O) groups is 1. The summed E-state index contributed by atoms with van der Waals surface area (Å²) in [5.74, 6) is -0.0672. The molecule has 3 rings (SSSR count). The van der Waals surface area contributed by atoms with Crippen molar-refractivity contribution >= 4 is 17.3 Å². The van der Waals surface area contributed by atoms with E-state index >= 15 is 0 Å². The first-order valence-corrected chi connectivity index (χ1v) is 8.88. The Morgan fingerprint density at radius 3 is 2.62 bits per heavy atom. The van der Waals surface area contributed by atoms with Crippen LogP contribution in [0.4, 0.5) is 11.4 Å². The van der Waals surface area contributed by atoms with Gasteiger partial charge in [0.2, 0.25) is 0 Å². The summed E-state index contributed by atoms with van der Waals surface area (Å²) in [6, 6.07) is 12.2. The van der Waals surface area contributed by atoms with Gasteiger partial charge in [0.25, 0.3) is 5.91 Å². The molecule has 1 aromatic carbocycles. The van der Waals surface area contributed by atoms with Gasteiger partial charge in [-0.15, -0.1) is 0 Å². The fraction of sp³-hybridized carbons (Fsp3) is 0.400. The molecule has 1 aliphatic rings. The normalized spacial score (nSPS) is 15.0. The first-order valence-electron chi connectivity index (χ1n) is 8.88. The van der Waals surface area contributed by atoms with Crippen LogP contribution in [-0.2, 0) is 6.42 Å². The lowest BCUT2D eigenvalue weighted by Crippen LogP contribution is -2.36. The SMILES string of the molecule is CCc1ccccc1Nc1ccc(C(=O)NC2CCCCC2)nc1. The van der Waals surface area contributed by atoms with Crippen molar-refractivity contribution in [2.75, 3.05) is 5.32 Å². The van der Waals surface area contributed by atoms with Crippen LogP contribution in [0.3, 0.4) is 0 Å². The van der Waals surface area contributed by atoms with Crippen LogP contribution in [-0.4, -0.2) is 16.9 Å². The zero-order valence-corrected chi connectivity index (χ0v) is 14.2. The van der Waals surface area contributed by atoms with Crippen molar-refractivity contribution in [3.05, 3.63) is 53.9 Å². The number of benzene rings is 1. The number of hydrogen-bond donors (Lipinski definition) is 2. The molecule has 1 fully saturated rings. The molecule has 0 spiro atoms. The number of para-hydroxylation sites is 1. The quantitative estimate of drug-likeness (QED) is 0.854. The summed E-state index contributed by atoms with van der Waals surface area (Å²) >= 11 is 0. The highest BCUT2D eigenvalue weighted by atomic mass is 16.1. The van der Waals surface area contributed by atoms with E-state index in [1.165, 1.54) is 24.8 Å². The van der Waals surface area contributed by atoms with Crippen molar-refractivity contribution in [2.45, 2.75) is 51.5 Å². The van der Waals surface area contributed by atoms with Crippen molar-refractivity contribution in [1.29, 1.82) is 0 Å². The Balaban J connectivity index is 1.63. The number of amides is 1. The lowest BCUT2D eigenvalue weighted by atomic mass is 9.95. The van der Waals surface area contributed by atoms with Gasteiger partial charge in [0.05, 0.1) is 11.9 Å². The van der Waals surface area contributed by atoms with Gasteiger partial charge in [0.15, 0.2) is 0 Å². The van der Waals surface area contributed by atoms with Crippen molar-refractivity contribution < 1.29 is 4.79 Å². The molecule has 2 N–H and O–H groups in total. The number of anilines is 2. The molecule has 0 atom stereocenters. The molecule has 126 valence electrons. The fourth-order valence-electron chi connectivity index (χ4n) is 3.21. The predicted octanol–water partition coefficient (Wildman–Crippen LogP) is 4.45. The largest absolute Gasteiger partial charge is 0.354 e. The van der Waals surface area contributed by atoms with E-state index in [1.807, 2.05) is 18.2 Å². The van der Waals surface area contributed by atoms with Gasteiger partial charge in [0, 0.05) is 11.7 Å². The van der Waals surface area contributed by atoms with E-state index in [1.54, 1.807) is 12.3 Å². The third-order valence-corrected chi connectivity index (χ3v) is 4.61. The zero-order valence-electron chi connectivity index (χ0n) is 14.2. The summed E-state index contributed by atoms with van der Waals surface area (Å²) in [5, 5.41) is 6.48. The third kappa shape index (κ3) is 4.13. The molecule has 1 amide bonds. The Labute approximate surface area is 143 Å². The van der Waals surface area contributed by atoms with Crippen LogP contribution >= 0.6 is 0 Å². The second-order valence-electron chi connectivity index (χ2n) is 6.38. The number of aromatic nitrogens is 1. The Bertz CT molecular complexity index is 676. The molecule has 0 aliphatic heterocycles. The molecule has 24 heavy (non-hydrogen) atoms. The number of pyridine rings is 1. The predicted molar refractivity (Wildman–Crippen MR) is 97.7 cm³/mol. The van der Waals surface area contributed by atoms with Gasteiger partial charge in [-0.3, -0.25) is 4.79 Å². The number of nitrogens with one attached hydrogen (secondary N) is 2. The van der Waals surface area contributed by atoms with Gasteiger partial charge >= 0.3 is 0 Å². The van der Waals surface area contributed by atoms with E-state index < -0.39 is 0 Å². The van der Waals surface area contributed by atoms with Gasteiger partial charge in [-0.05, 0) is 43.0 Å². The Hall–Kier alpha value is -2.36. The maximum atomic E-state index is 12.3. The molecule has 0 bridgehead atoms. The summed E-state index contributed by atoms with van der Waals surface area (Å²) in [4.78, 5) is 16.6. The van der Waals surface area contributed by atoms with Gasteiger partial charge in [-0.2, -0.15) is 0 Å². The second-order valence-corrected chi connectivity index (χ2v) is 6.38. The van der Waals surface area contributed by atoms with Crippen molar-refractivity contribution in [2.24, 2.45) is 0 Å². The first-order chi connectivity index (χ1) is 11.8. The molecule has 0 radical (unpaired) electrons. The molecule has 0 saturated heterocycles. The number of aryl methyl sites for hydroxylation is 1. The highest BCUT2D eigenvalue weighted by molar-refractivity contribution is 5.92. The van der Waals surface area contributed by atoms with E-state index in [9.17, 15) is 4.79 Å². The second kappa shape index (κ2) is 7.95. The fourth-order valence-corrected chi connectivity index (χ4v) is 3.21. The summed E-state index contributed by atoms with van der Waals surface area (Å²) in [7, 11) is 0. The molecule has 4 nitrogen and oxygen atoms in total. The molecule has 1 aliphatic carbocycles. The lowest BCUT2D eigenvalue weighted by Gasteiger charge is -2.22. The molecular weight excluding hydrogens is 298 g/mol. The maximum Gasteiger partial charge on any atom is 0.270 e. The topological polar surface area (TPSA) is 54.0 Å². The van der Waals surface area contributed by atoms with E-state index in [-0.39, 0.29) is 5.91 Å². The van der Waals surface area contributed by atoms with Gasteiger partial charge in [-0.25, -0.2) is 4.98 Å². The number of carbonyl (C=O) groups excluding carboxylic acids is 1. The molecule has 1 heterocycles. The molecular formula is C20H25N3O. The minimum absolute atomic E-state index is 0.0672. The van der Waals surface area contributed by atoms with Crippen LogP contribution in [0, 0.1) is 0 Å². The van der Waals surface area contributed by atoms with Gasteiger partial charge < -0.3 is 10.6 Å². The number of rotatable bonds is 5. The summed E-state index contributed by atoms with van der Waals surface area (Å²) < 4.78 is 0. The van der Waals surface area contributed by atoms with Crippen LogP contribution in [0.5, 0.6) is 0 Å². The van der Waals surface area contributed by atoms with E-state index in [4.69, 9.17) is 0 Å². The van der Waals surface area contributed by atoms with Crippen LogP contribution in [0.1, 0.15) is 55.1 Å². The Morgan fingerprint density at radius 2 is 1.92 bits per heavy atom. The van der Waals surface area contributed by atoms with Crippen molar-refractivity contribution in [1.82, 2.24) is 10.3 Å². The molecule has 1 saturated carbocycles. The summed E-state index contributed by atoms with van der Waals surface area (Å²) in [5.41, 5.74) is 3.72. The highest BCUT2D eigenvalue weighted by Gasteiger charge is 2.17. The molecule has 1 aromatic heterocycles. The van der Waals surface area contributed by atoms with E-state index in [0.717, 1.165) is 30.6 Å². The summed E-state index contributed by atoms with van der Waals surface area (Å²) in [6.07, 6.45) is 8.55. The highest BCUT2D eigenvalue weighted by Crippen LogP contribution is 2.21. The van der Waals surface area contributed by atoms with E-state index in [0.29, 0.717) is 11.7 Å². The molecule has 0 unspecified atom stereocenters. The smallest absolute Gasteiger partial charge is 0.270 e. The monoisotopic (exact) mass is 323 g/mol. The minimum atomic E-state index is -0.0672. The maximum absolute atomic E-state index is 12.3. The number of nitrogens with zero attached hydrogens (tertiary/aromatic N) is 1. The average molecular weight is 323 g/mol. The van der Waals surface area contributed by atoms with Crippen molar-refractivity contribution in [3.63, 3.8) is 0 Å². The van der Waals surface area contributed by atoms with Crippen LogP contribution < -0.4 is 10.6 Å². The Morgan fingerprint density at radius 1 is 1.12 bits per heavy atom.